The summed E-state index contributed by atoms with van der Waals surface area (Å²) in [7, 11) is 1.75. The Morgan fingerprint density at radius 3 is 2.65 bits per heavy atom. The van der Waals surface area contributed by atoms with Crippen molar-refractivity contribution >= 4 is 17.7 Å². The van der Waals surface area contributed by atoms with E-state index in [1.165, 1.54) is 0 Å². The molecule has 2 fully saturated rings. The highest BCUT2D eigenvalue weighted by Gasteiger charge is 2.21. The van der Waals surface area contributed by atoms with Crippen molar-refractivity contribution in [2.24, 2.45) is 22.4 Å². The third kappa shape index (κ3) is 4.80. The minimum absolute atomic E-state index is 0.308. The molecule has 26 heavy (non-hydrogen) atoms. The van der Waals surface area contributed by atoms with E-state index in [1.54, 1.807) is 19.5 Å². The molecule has 1 aromatic heterocycles. The van der Waals surface area contributed by atoms with Crippen LogP contribution < -0.4 is 16.8 Å². The summed E-state index contributed by atoms with van der Waals surface area (Å²) in [6, 6.07) is 2.60. The van der Waals surface area contributed by atoms with Crippen LogP contribution in [0.25, 0.3) is 5.57 Å². The number of rotatable bonds is 5. The summed E-state index contributed by atoms with van der Waals surface area (Å²) in [4.78, 5) is 13.3. The second-order valence-electron chi connectivity index (χ2n) is 7.16. The molecule has 0 unspecified atom stereocenters. The molecule has 3 rings (SSSR count). The molecule has 5 N–H and O–H groups in total. The molecule has 0 radical (unpaired) electrons. The van der Waals surface area contributed by atoms with Crippen molar-refractivity contribution in [2.45, 2.75) is 50.6 Å². The molecule has 0 amide bonds. The van der Waals surface area contributed by atoms with Crippen LogP contribution in [0.3, 0.4) is 0 Å². The van der Waals surface area contributed by atoms with Crippen LogP contribution in [0.2, 0.25) is 0 Å². The van der Waals surface area contributed by atoms with Crippen molar-refractivity contribution in [1.29, 1.82) is 0 Å². The molecule has 7 nitrogen and oxygen atoms in total. The first-order valence-corrected chi connectivity index (χ1v) is 9.52. The number of aliphatic imine (C=N–C) groups is 1. The Kier molecular flexibility index (Phi) is 6.57. The normalized spacial score (nSPS) is 25.9. The number of ether oxygens (including phenoxy) is 1. The molecule has 1 saturated carbocycles. The van der Waals surface area contributed by atoms with Crippen molar-refractivity contribution in [1.82, 2.24) is 9.97 Å². The molecule has 1 aliphatic heterocycles. The van der Waals surface area contributed by atoms with Gasteiger partial charge in [0.1, 0.15) is 0 Å². The predicted octanol–water partition coefficient (Wildman–Crippen LogP) is 1.96. The first-order chi connectivity index (χ1) is 12.7. The first-order valence-electron chi connectivity index (χ1n) is 9.52. The van der Waals surface area contributed by atoms with Gasteiger partial charge in [0.15, 0.2) is 0 Å². The zero-order valence-electron chi connectivity index (χ0n) is 15.5. The van der Waals surface area contributed by atoms with Gasteiger partial charge in [-0.3, -0.25) is 4.99 Å². The number of allylic oxidation sites excluding steroid dienone is 2. The fourth-order valence-electron chi connectivity index (χ4n) is 3.67. The standard InChI is InChI=1S/C19H30N6O/c1-22-12-16(18(21)13-7-10-26-11-8-13)17-6-9-23-19(25-17)24-15-4-2-14(20)3-5-15/h6,9,12-15H,2-5,7-8,10-11,20-21H2,1H3,(H,23,24,25)/b18-16+,22-12?. The van der Waals surface area contributed by atoms with E-state index in [4.69, 9.17) is 21.2 Å². The van der Waals surface area contributed by atoms with Crippen LogP contribution in [-0.4, -0.2) is 48.5 Å². The maximum absolute atomic E-state index is 6.50. The molecule has 0 atom stereocenters. The Morgan fingerprint density at radius 2 is 1.96 bits per heavy atom. The number of aromatic nitrogens is 2. The zero-order valence-corrected chi connectivity index (χ0v) is 15.5. The minimum Gasteiger partial charge on any atom is -0.401 e. The van der Waals surface area contributed by atoms with Gasteiger partial charge in [-0.2, -0.15) is 0 Å². The average molecular weight is 358 g/mol. The predicted molar refractivity (Wildman–Crippen MR) is 105 cm³/mol. The number of nitrogens with two attached hydrogens (primary N) is 2. The van der Waals surface area contributed by atoms with Crippen LogP contribution in [0.4, 0.5) is 5.95 Å². The number of nitrogens with zero attached hydrogens (tertiary/aromatic N) is 3. The largest absolute Gasteiger partial charge is 0.401 e. The maximum Gasteiger partial charge on any atom is 0.223 e. The third-order valence-electron chi connectivity index (χ3n) is 5.27. The summed E-state index contributed by atoms with van der Waals surface area (Å²) in [5.74, 6) is 0.952. The molecule has 1 saturated heterocycles. The molecule has 0 aromatic carbocycles. The highest BCUT2D eigenvalue weighted by atomic mass is 16.5. The molecule has 2 aliphatic rings. The van der Waals surface area contributed by atoms with E-state index in [-0.39, 0.29) is 0 Å². The van der Waals surface area contributed by atoms with Crippen molar-refractivity contribution in [2.75, 3.05) is 25.6 Å². The first kappa shape index (κ1) is 18.8. The molecule has 1 aliphatic carbocycles. The fraction of sp³-hybridized carbons (Fsp3) is 0.632. The lowest BCUT2D eigenvalue weighted by Gasteiger charge is -2.27. The molecule has 0 spiro atoms. The van der Waals surface area contributed by atoms with E-state index >= 15 is 0 Å². The fourth-order valence-corrected chi connectivity index (χ4v) is 3.67. The highest BCUT2D eigenvalue weighted by Crippen LogP contribution is 2.26. The lowest BCUT2D eigenvalue weighted by molar-refractivity contribution is 0.0756. The smallest absolute Gasteiger partial charge is 0.223 e. The summed E-state index contributed by atoms with van der Waals surface area (Å²) >= 11 is 0. The summed E-state index contributed by atoms with van der Waals surface area (Å²) < 4.78 is 5.45. The van der Waals surface area contributed by atoms with Gasteiger partial charge in [0, 0.05) is 61.9 Å². The van der Waals surface area contributed by atoms with E-state index in [2.05, 4.69) is 15.3 Å². The van der Waals surface area contributed by atoms with Crippen molar-refractivity contribution in [3.63, 3.8) is 0 Å². The highest BCUT2D eigenvalue weighted by molar-refractivity contribution is 6.10. The van der Waals surface area contributed by atoms with Crippen LogP contribution in [0.1, 0.15) is 44.2 Å². The van der Waals surface area contributed by atoms with E-state index in [0.29, 0.717) is 23.9 Å². The molecule has 7 heteroatoms. The molecular formula is C19H30N6O. The van der Waals surface area contributed by atoms with Gasteiger partial charge in [-0.15, -0.1) is 0 Å². The zero-order chi connectivity index (χ0) is 18.4. The Balaban J connectivity index is 1.79. The Bertz CT molecular complexity index is 645. The molecule has 2 heterocycles. The lowest BCUT2D eigenvalue weighted by atomic mass is 9.92. The van der Waals surface area contributed by atoms with Gasteiger partial charge in [-0.1, -0.05) is 0 Å². The lowest BCUT2D eigenvalue weighted by Crippen LogP contribution is -2.33. The van der Waals surface area contributed by atoms with Gasteiger partial charge < -0.3 is 21.5 Å². The Hall–Kier alpha value is -1.99. The summed E-state index contributed by atoms with van der Waals surface area (Å²) in [6.07, 6.45) is 9.65. The van der Waals surface area contributed by atoms with E-state index < -0.39 is 0 Å². The average Bonchev–Trinajstić information content (AvgIpc) is 2.68. The van der Waals surface area contributed by atoms with Crippen molar-refractivity contribution < 1.29 is 4.74 Å². The van der Waals surface area contributed by atoms with Gasteiger partial charge in [-0.05, 0) is 44.6 Å². The Labute approximate surface area is 155 Å². The molecule has 142 valence electrons. The maximum atomic E-state index is 6.50. The van der Waals surface area contributed by atoms with Gasteiger partial charge in [-0.25, -0.2) is 9.97 Å². The quantitative estimate of drug-likeness (QED) is 0.694. The van der Waals surface area contributed by atoms with E-state index in [9.17, 15) is 0 Å². The Morgan fingerprint density at radius 1 is 1.23 bits per heavy atom. The van der Waals surface area contributed by atoms with Crippen molar-refractivity contribution in [3.8, 4) is 0 Å². The second-order valence-corrected chi connectivity index (χ2v) is 7.16. The minimum atomic E-state index is 0.308. The number of nitrogens with one attached hydrogen (secondary N) is 1. The van der Waals surface area contributed by atoms with E-state index in [1.807, 2.05) is 6.07 Å². The van der Waals surface area contributed by atoms with Crippen LogP contribution in [0, 0.1) is 5.92 Å². The number of anilines is 1. The third-order valence-corrected chi connectivity index (χ3v) is 5.27. The number of hydrogen-bond acceptors (Lipinski definition) is 7. The summed E-state index contributed by atoms with van der Waals surface area (Å²) in [6.45, 7) is 1.50. The number of hydrogen-bond donors (Lipinski definition) is 3. The monoisotopic (exact) mass is 358 g/mol. The van der Waals surface area contributed by atoms with E-state index in [0.717, 1.165) is 68.7 Å². The van der Waals surface area contributed by atoms with Crippen LogP contribution in [0.5, 0.6) is 0 Å². The topological polar surface area (TPSA) is 111 Å². The summed E-state index contributed by atoms with van der Waals surface area (Å²) in [5, 5.41) is 3.45. The summed E-state index contributed by atoms with van der Waals surface area (Å²) in [5.41, 5.74) is 15.0. The van der Waals surface area contributed by atoms with Crippen LogP contribution in [0.15, 0.2) is 23.0 Å². The molecular weight excluding hydrogens is 328 g/mol. The molecule has 1 aromatic rings. The van der Waals surface area contributed by atoms with Crippen LogP contribution in [-0.2, 0) is 4.74 Å². The SMILES string of the molecule is CN=C/C(=C(\N)C1CCOCC1)c1ccnc(NC2CCC(N)CC2)n1. The van der Waals surface area contributed by atoms with Gasteiger partial charge >= 0.3 is 0 Å². The van der Waals surface area contributed by atoms with Gasteiger partial charge in [0.25, 0.3) is 0 Å². The molecule has 0 bridgehead atoms. The van der Waals surface area contributed by atoms with Gasteiger partial charge in [0.05, 0.1) is 5.69 Å². The van der Waals surface area contributed by atoms with Crippen molar-refractivity contribution in [3.05, 3.63) is 23.7 Å². The second kappa shape index (κ2) is 9.09. The van der Waals surface area contributed by atoms with Crippen LogP contribution >= 0.6 is 0 Å². The van der Waals surface area contributed by atoms with Gasteiger partial charge in [0.2, 0.25) is 5.95 Å².